The van der Waals surface area contributed by atoms with Crippen LogP contribution in [-0.4, -0.2) is 63.2 Å². The number of alkyl halides is 2. The first-order chi connectivity index (χ1) is 13.2. The molecule has 28 heavy (non-hydrogen) atoms. The number of aliphatic imine (C=N–C) groups is 1. The number of nitrogens with zero attached hydrogens (tertiary/aromatic N) is 2. The van der Waals surface area contributed by atoms with Gasteiger partial charge in [0.15, 0.2) is 5.96 Å². The van der Waals surface area contributed by atoms with Crippen LogP contribution >= 0.6 is 24.0 Å². The summed E-state index contributed by atoms with van der Waals surface area (Å²) in [5.41, 5.74) is 1.22. The van der Waals surface area contributed by atoms with E-state index >= 15 is 0 Å². The summed E-state index contributed by atoms with van der Waals surface area (Å²) in [6, 6.07) is 10.6. The monoisotopic (exact) mass is 508 g/mol. The zero-order chi connectivity index (χ0) is 19.1. The van der Waals surface area contributed by atoms with E-state index in [0.29, 0.717) is 19.0 Å². The molecule has 2 unspecified atom stereocenters. The standard InChI is InChI=1S/C20H30F2N4O.HI/c1-23-20(25-17-7-10-26(11-8-17)14-18(21)22)24-13-16-9-12-27-19(16)15-5-3-2-4-6-15;/h2-6,16-19H,7-14H2,1H3,(H2,23,24,25);1H. The van der Waals surface area contributed by atoms with Crippen molar-refractivity contribution in [1.29, 1.82) is 0 Å². The van der Waals surface area contributed by atoms with Gasteiger partial charge in [-0.05, 0) is 24.8 Å². The van der Waals surface area contributed by atoms with Crippen molar-refractivity contribution >= 4 is 29.9 Å². The summed E-state index contributed by atoms with van der Waals surface area (Å²) in [5.74, 6) is 1.18. The number of hydrogen-bond acceptors (Lipinski definition) is 3. The molecule has 3 rings (SSSR count). The summed E-state index contributed by atoms with van der Waals surface area (Å²) < 4.78 is 30.9. The van der Waals surface area contributed by atoms with Crippen molar-refractivity contribution in [3.63, 3.8) is 0 Å². The second-order valence-electron chi connectivity index (χ2n) is 7.31. The van der Waals surface area contributed by atoms with Gasteiger partial charge in [0.25, 0.3) is 6.43 Å². The summed E-state index contributed by atoms with van der Waals surface area (Å²) in [4.78, 5) is 6.16. The molecule has 8 heteroatoms. The largest absolute Gasteiger partial charge is 0.373 e. The van der Waals surface area contributed by atoms with Gasteiger partial charge in [-0.2, -0.15) is 0 Å². The fourth-order valence-electron chi connectivity index (χ4n) is 3.92. The molecule has 2 N–H and O–H groups in total. The smallest absolute Gasteiger partial charge is 0.251 e. The summed E-state index contributed by atoms with van der Waals surface area (Å²) >= 11 is 0. The van der Waals surface area contributed by atoms with E-state index in [1.54, 1.807) is 7.05 Å². The molecule has 2 fully saturated rings. The van der Waals surface area contributed by atoms with Crippen LogP contribution in [0.15, 0.2) is 35.3 Å². The van der Waals surface area contributed by atoms with Crippen LogP contribution in [0.1, 0.15) is 30.9 Å². The Morgan fingerprint density at radius 2 is 1.93 bits per heavy atom. The van der Waals surface area contributed by atoms with E-state index in [1.165, 1.54) is 5.56 Å². The van der Waals surface area contributed by atoms with Crippen LogP contribution in [0.2, 0.25) is 0 Å². The molecule has 2 aliphatic heterocycles. The fraction of sp³-hybridized carbons (Fsp3) is 0.650. The van der Waals surface area contributed by atoms with E-state index in [2.05, 4.69) is 27.8 Å². The van der Waals surface area contributed by atoms with Crippen LogP contribution in [0.3, 0.4) is 0 Å². The third-order valence-electron chi connectivity index (χ3n) is 5.42. The van der Waals surface area contributed by atoms with Gasteiger partial charge >= 0.3 is 0 Å². The van der Waals surface area contributed by atoms with E-state index in [-0.39, 0.29) is 42.7 Å². The molecular weight excluding hydrogens is 477 g/mol. The number of likely N-dealkylation sites (tertiary alicyclic amines) is 1. The number of rotatable bonds is 6. The minimum Gasteiger partial charge on any atom is -0.373 e. The average molecular weight is 508 g/mol. The molecule has 2 saturated heterocycles. The van der Waals surface area contributed by atoms with Crippen LogP contribution in [0.4, 0.5) is 8.78 Å². The van der Waals surface area contributed by atoms with Crippen LogP contribution in [0, 0.1) is 5.92 Å². The van der Waals surface area contributed by atoms with Crippen LogP contribution in [0.5, 0.6) is 0 Å². The Morgan fingerprint density at radius 3 is 2.57 bits per heavy atom. The van der Waals surface area contributed by atoms with Crippen LogP contribution < -0.4 is 10.6 Å². The number of nitrogens with one attached hydrogen (secondary N) is 2. The molecule has 0 bridgehead atoms. The predicted molar refractivity (Wildman–Crippen MR) is 119 cm³/mol. The number of benzene rings is 1. The molecule has 5 nitrogen and oxygen atoms in total. The number of hydrogen-bond donors (Lipinski definition) is 2. The highest BCUT2D eigenvalue weighted by atomic mass is 127. The second kappa shape index (κ2) is 11.9. The van der Waals surface area contributed by atoms with Gasteiger partial charge in [-0.25, -0.2) is 8.78 Å². The minimum atomic E-state index is -2.25. The molecule has 158 valence electrons. The lowest BCUT2D eigenvalue weighted by molar-refractivity contribution is 0.0743. The summed E-state index contributed by atoms with van der Waals surface area (Å²) in [6.45, 7) is 2.85. The zero-order valence-corrected chi connectivity index (χ0v) is 18.7. The maximum Gasteiger partial charge on any atom is 0.251 e. The van der Waals surface area contributed by atoms with E-state index in [9.17, 15) is 8.78 Å². The lowest BCUT2D eigenvalue weighted by Gasteiger charge is -2.33. The minimum absolute atomic E-state index is 0. The maximum absolute atomic E-state index is 12.5. The topological polar surface area (TPSA) is 48.9 Å². The van der Waals surface area contributed by atoms with Gasteiger partial charge in [-0.1, -0.05) is 30.3 Å². The maximum atomic E-state index is 12.5. The first-order valence-corrected chi connectivity index (χ1v) is 9.80. The molecule has 0 saturated carbocycles. The van der Waals surface area contributed by atoms with Crippen molar-refractivity contribution in [3.05, 3.63) is 35.9 Å². The second-order valence-corrected chi connectivity index (χ2v) is 7.31. The molecule has 0 aromatic heterocycles. The van der Waals surface area contributed by atoms with E-state index in [0.717, 1.165) is 38.4 Å². The van der Waals surface area contributed by atoms with Crippen molar-refractivity contribution in [2.75, 3.05) is 39.8 Å². The van der Waals surface area contributed by atoms with Crippen molar-refractivity contribution in [1.82, 2.24) is 15.5 Å². The highest BCUT2D eigenvalue weighted by Crippen LogP contribution is 2.33. The van der Waals surface area contributed by atoms with Gasteiger partial charge in [0.2, 0.25) is 0 Å². The highest BCUT2D eigenvalue weighted by molar-refractivity contribution is 14.0. The Labute approximate surface area is 183 Å². The first kappa shape index (κ1) is 23.3. The van der Waals surface area contributed by atoms with Crippen molar-refractivity contribution in [3.8, 4) is 0 Å². The lowest BCUT2D eigenvalue weighted by Crippen LogP contribution is -2.50. The zero-order valence-electron chi connectivity index (χ0n) is 16.3. The Balaban J connectivity index is 0.00000280. The normalized spacial score (nSPS) is 24.2. The van der Waals surface area contributed by atoms with Crippen molar-refractivity contribution in [2.24, 2.45) is 10.9 Å². The van der Waals surface area contributed by atoms with Gasteiger partial charge < -0.3 is 15.4 Å². The van der Waals surface area contributed by atoms with E-state index in [1.807, 2.05) is 23.1 Å². The van der Waals surface area contributed by atoms with Gasteiger partial charge in [0, 0.05) is 45.2 Å². The SMILES string of the molecule is CN=C(NCC1CCOC1c1ccccc1)NC1CCN(CC(F)F)CC1.I. The molecule has 0 aliphatic carbocycles. The summed E-state index contributed by atoms with van der Waals surface area (Å²) in [5, 5.41) is 6.87. The molecular formula is C20H31F2IN4O. The Morgan fingerprint density at radius 1 is 1.21 bits per heavy atom. The van der Waals surface area contributed by atoms with Gasteiger partial charge in [0.1, 0.15) is 0 Å². The highest BCUT2D eigenvalue weighted by Gasteiger charge is 2.30. The van der Waals surface area contributed by atoms with Crippen molar-refractivity contribution in [2.45, 2.75) is 37.8 Å². The van der Waals surface area contributed by atoms with Crippen molar-refractivity contribution < 1.29 is 13.5 Å². The van der Waals surface area contributed by atoms with E-state index in [4.69, 9.17) is 4.74 Å². The third-order valence-corrected chi connectivity index (χ3v) is 5.42. The number of ether oxygens (including phenoxy) is 1. The van der Waals surface area contributed by atoms with Gasteiger partial charge in [0.05, 0.1) is 12.6 Å². The predicted octanol–water partition coefficient (Wildman–Crippen LogP) is 3.28. The van der Waals surface area contributed by atoms with Gasteiger partial charge in [-0.3, -0.25) is 9.89 Å². The Bertz CT molecular complexity index is 597. The van der Waals surface area contributed by atoms with Gasteiger partial charge in [-0.15, -0.1) is 24.0 Å². The van der Waals surface area contributed by atoms with Crippen LogP contribution in [0.25, 0.3) is 0 Å². The molecule has 0 amide bonds. The average Bonchev–Trinajstić information content (AvgIpc) is 3.15. The molecule has 1 aromatic carbocycles. The molecule has 1 aromatic rings. The van der Waals surface area contributed by atoms with E-state index < -0.39 is 6.43 Å². The summed E-state index contributed by atoms with van der Waals surface area (Å²) in [7, 11) is 1.76. The fourth-order valence-corrected chi connectivity index (χ4v) is 3.92. The number of guanidine groups is 1. The summed E-state index contributed by atoms with van der Waals surface area (Å²) in [6.07, 6.45) is 0.596. The Kier molecular flexibility index (Phi) is 9.87. The number of piperidine rings is 1. The molecule has 0 spiro atoms. The lowest BCUT2D eigenvalue weighted by atomic mass is 9.95. The Hall–Kier alpha value is -1.00. The molecule has 2 atom stereocenters. The molecule has 2 heterocycles. The third kappa shape index (κ3) is 6.81. The molecule has 2 aliphatic rings. The number of halogens is 3. The molecule has 0 radical (unpaired) electrons. The quantitative estimate of drug-likeness (QED) is 0.352. The van der Waals surface area contributed by atoms with Crippen LogP contribution in [-0.2, 0) is 4.74 Å². The first-order valence-electron chi connectivity index (χ1n) is 9.80.